The number of benzene rings is 1. The molecule has 1 aromatic carbocycles. The van der Waals surface area contributed by atoms with E-state index in [0.29, 0.717) is 15.7 Å². The molecule has 0 radical (unpaired) electrons. The highest BCUT2D eigenvalue weighted by molar-refractivity contribution is 7.80. The lowest BCUT2D eigenvalue weighted by Crippen LogP contribution is -2.33. The second kappa shape index (κ2) is 5.89. The third kappa shape index (κ3) is 4.22. The fourth-order valence-corrected chi connectivity index (χ4v) is 1.55. The molecule has 0 saturated carbocycles. The topological polar surface area (TPSA) is 50.4 Å². The van der Waals surface area contributed by atoms with E-state index in [1.165, 1.54) is 7.11 Å². The van der Waals surface area contributed by atoms with Gasteiger partial charge < -0.3 is 10.1 Å². The summed E-state index contributed by atoms with van der Waals surface area (Å²) < 4.78 is 4.61. The second-order valence-electron chi connectivity index (χ2n) is 2.73. The number of amides is 2. The van der Waals surface area contributed by atoms with Crippen molar-refractivity contribution in [3.8, 4) is 0 Å². The van der Waals surface area contributed by atoms with Gasteiger partial charge in [-0.15, -0.1) is 0 Å². The number of anilines is 1. The average molecular weight is 279 g/mol. The maximum atomic E-state index is 11.3. The molecule has 4 nitrogen and oxygen atoms in total. The maximum absolute atomic E-state index is 11.3. The van der Waals surface area contributed by atoms with Gasteiger partial charge in [-0.1, -0.05) is 23.2 Å². The molecular formula is C9H8Cl2N2O2S. The molecule has 0 bridgehead atoms. The second-order valence-corrected chi connectivity index (χ2v) is 3.97. The number of hydrogen-bond donors (Lipinski definition) is 2. The third-order valence-corrected chi connectivity index (χ3v) is 2.23. The molecule has 0 atom stereocenters. The fourth-order valence-electron chi connectivity index (χ4n) is 0.932. The molecule has 2 amide bonds. The van der Waals surface area contributed by atoms with E-state index in [9.17, 15) is 4.79 Å². The van der Waals surface area contributed by atoms with E-state index < -0.39 is 6.03 Å². The summed E-state index contributed by atoms with van der Waals surface area (Å²) in [5.41, 5.74) is 0.467. The minimum absolute atomic E-state index is 0.0226. The molecule has 0 spiro atoms. The molecule has 86 valence electrons. The van der Waals surface area contributed by atoms with E-state index in [2.05, 4.69) is 27.6 Å². The number of halogens is 2. The molecule has 16 heavy (non-hydrogen) atoms. The normalized spacial score (nSPS) is 9.44. The Hall–Kier alpha value is -1.04. The molecule has 0 saturated heterocycles. The van der Waals surface area contributed by atoms with Gasteiger partial charge in [-0.3, -0.25) is 5.32 Å². The average Bonchev–Trinajstić information content (AvgIpc) is 2.15. The lowest BCUT2D eigenvalue weighted by Gasteiger charge is -2.07. The van der Waals surface area contributed by atoms with Crippen molar-refractivity contribution in [1.82, 2.24) is 5.32 Å². The first-order valence-corrected chi connectivity index (χ1v) is 5.29. The van der Waals surface area contributed by atoms with Gasteiger partial charge in [0, 0.05) is 15.7 Å². The lowest BCUT2D eigenvalue weighted by molar-refractivity contribution is 0.253. The van der Waals surface area contributed by atoms with Crippen LogP contribution in [0, 0.1) is 0 Å². The smallest absolute Gasteiger partial charge is 0.326 e. The molecule has 0 fully saturated rings. The Bertz CT molecular complexity index is 406. The summed E-state index contributed by atoms with van der Waals surface area (Å²) in [5, 5.41) is 5.63. The number of urea groups is 1. The standard InChI is InChI=1S/C9H8Cl2N2O2S/c1-15-9(16)13-8(14)12-7-3-5(10)2-6(11)4-7/h2-4H,1H3,(H2,12,13,14,16). The Labute approximate surface area is 108 Å². The Balaban J connectivity index is 2.66. The highest BCUT2D eigenvalue weighted by atomic mass is 35.5. The lowest BCUT2D eigenvalue weighted by atomic mass is 10.3. The Morgan fingerprint density at radius 1 is 1.31 bits per heavy atom. The molecule has 0 aromatic heterocycles. The van der Waals surface area contributed by atoms with Crippen LogP contribution in [0.2, 0.25) is 10.0 Å². The van der Waals surface area contributed by atoms with Crippen LogP contribution in [0.3, 0.4) is 0 Å². The van der Waals surface area contributed by atoms with Crippen LogP contribution < -0.4 is 10.6 Å². The van der Waals surface area contributed by atoms with Crippen molar-refractivity contribution in [2.45, 2.75) is 0 Å². The van der Waals surface area contributed by atoms with Gasteiger partial charge in [0.2, 0.25) is 0 Å². The van der Waals surface area contributed by atoms with E-state index >= 15 is 0 Å². The number of ether oxygens (including phenoxy) is 1. The van der Waals surface area contributed by atoms with Crippen LogP contribution in [0.25, 0.3) is 0 Å². The predicted molar refractivity (Wildman–Crippen MR) is 68.2 cm³/mol. The molecular weight excluding hydrogens is 271 g/mol. The van der Waals surface area contributed by atoms with Crippen LogP contribution in [0.4, 0.5) is 10.5 Å². The largest absolute Gasteiger partial charge is 0.474 e. The van der Waals surface area contributed by atoms with Crippen molar-refractivity contribution in [2.75, 3.05) is 12.4 Å². The van der Waals surface area contributed by atoms with Crippen LogP contribution in [0.5, 0.6) is 0 Å². The van der Waals surface area contributed by atoms with Crippen molar-refractivity contribution < 1.29 is 9.53 Å². The minimum atomic E-state index is -0.523. The summed E-state index contributed by atoms with van der Waals surface area (Å²) in [6.07, 6.45) is 0. The number of hydrogen-bond acceptors (Lipinski definition) is 3. The van der Waals surface area contributed by atoms with Crippen LogP contribution in [0.1, 0.15) is 0 Å². The van der Waals surface area contributed by atoms with E-state index in [0.717, 1.165) is 0 Å². The molecule has 0 aliphatic heterocycles. The number of carbonyl (C=O) groups is 1. The molecule has 2 N–H and O–H groups in total. The van der Waals surface area contributed by atoms with E-state index in [1.54, 1.807) is 18.2 Å². The first-order chi connectivity index (χ1) is 7.51. The summed E-state index contributed by atoms with van der Waals surface area (Å²) in [4.78, 5) is 11.3. The number of rotatable bonds is 1. The quantitative estimate of drug-likeness (QED) is 0.777. The molecule has 1 rings (SSSR count). The Morgan fingerprint density at radius 3 is 2.38 bits per heavy atom. The third-order valence-electron chi connectivity index (χ3n) is 1.52. The molecule has 0 heterocycles. The SMILES string of the molecule is COC(=S)NC(=O)Nc1cc(Cl)cc(Cl)c1. The van der Waals surface area contributed by atoms with Crippen molar-refractivity contribution in [3.05, 3.63) is 28.2 Å². The maximum Gasteiger partial charge on any atom is 0.326 e. The summed E-state index contributed by atoms with van der Waals surface area (Å²) in [6.45, 7) is 0. The van der Waals surface area contributed by atoms with Gasteiger partial charge in [-0.05, 0) is 30.4 Å². The van der Waals surface area contributed by atoms with E-state index in [-0.39, 0.29) is 5.17 Å². The van der Waals surface area contributed by atoms with E-state index in [4.69, 9.17) is 23.2 Å². The van der Waals surface area contributed by atoms with Crippen molar-refractivity contribution in [2.24, 2.45) is 0 Å². The van der Waals surface area contributed by atoms with Gasteiger partial charge in [0.1, 0.15) is 0 Å². The minimum Gasteiger partial charge on any atom is -0.474 e. The number of methoxy groups -OCH3 is 1. The molecule has 0 unspecified atom stereocenters. The molecule has 1 aromatic rings. The molecule has 0 aliphatic carbocycles. The number of nitrogens with one attached hydrogen (secondary N) is 2. The van der Waals surface area contributed by atoms with Gasteiger partial charge in [0.15, 0.2) is 0 Å². The van der Waals surface area contributed by atoms with Crippen molar-refractivity contribution in [1.29, 1.82) is 0 Å². The van der Waals surface area contributed by atoms with Gasteiger partial charge in [0.05, 0.1) is 7.11 Å². The zero-order valence-corrected chi connectivity index (χ0v) is 10.5. The molecule has 0 aliphatic rings. The van der Waals surface area contributed by atoms with Gasteiger partial charge >= 0.3 is 6.03 Å². The van der Waals surface area contributed by atoms with Crippen LogP contribution in [-0.4, -0.2) is 18.3 Å². The van der Waals surface area contributed by atoms with Gasteiger partial charge in [-0.2, -0.15) is 0 Å². The predicted octanol–water partition coefficient (Wildman–Crippen LogP) is 3.05. The zero-order chi connectivity index (χ0) is 12.1. The van der Waals surface area contributed by atoms with E-state index in [1.807, 2.05) is 0 Å². The summed E-state index contributed by atoms with van der Waals surface area (Å²) in [7, 11) is 1.36. The van der Waals surface area contributed by atoms with Crippen molar-refractivity contribution >= 4 is 52.3 Å². The number of carbonyl (C=O) groups excluding carboxylic acids is 1. The molecule has 7 heteroatoms. The van der Waals surface area contributed by atoms with Crippen LogP contribution in [-0.2, 0) is 4.74 Å². The first kappa shape index (κ1) is 13.0. The summed E-state index contributed by atoms with van der Waals surface area (Å²) in [5.74, 6) is 0. The van der Waals surface area contributed by atoms with Crippen molar-refractivity contribution in [3.63, 3.8) is 0 Å². The summed E-state index contributed by atoms with van der Waals surface area (Å²) in [6, 6.07) is 4.16. The Morgan fingerprint density at radius 2 is 1.88 bits per heavy atom. The summed E-state index contributed by atoms with van der Waals surface area (Å²) >= 11 is 16.2. The highest BCUT2D eigenvalue weighted by Gasteiger charge is 2.05. The highest BCUT2D eigenvalue weighted by Crippen LogP contribution is 2.22. The first-order valence-electron chi connectivity index (χ1n) is 4.13. The van der Waals surface area contributed by atoms with Crippen LogP contribution in [0.15, 0.2) is 18.2 Å². The number of thiocarbonyl (C=S) groups is 1. The van der Waals surface area contributed by atoms with Gasteiger partial charge in [0.25, 0.3) is 5.17 Å². The monoisotopic (exact) mass is 278 g/mol. The fraction of sp³-hybridized carbons (Fsp3) is 0.111. The van der Waals surface area contributed by atoms with Crippen LogP contribution >= 0.6 is 35.4 Å². The van der Waals surface area contributed by atoms with Gasteiger partial charge in [-0.25, -0.2) is 4.79 Å². The zero-order valence-electron chi connectivity index (χ0n) is 8.21. The Kier molecular flexibility index (Phi) is 4.79.